The Morgan fingerprint density at radius 1 is 1.44 bits per heavy atom. The van der Waals surface area contributed by atoms with Crippen molar-refractivity contribution in [3.8, 4) is 10.6 Å². The minimum absolute atomic E-state index is 0.0211. The molecule has 0 aliphatic carbocycles. The molecule has 0 saturated carbocycles. The second-order valence-electron chi connectivity index (χ2n) is 4.22. The highest BCUT2D eigenvalue weighted by atomic mass is 32.1. The first-order chi connectivity index (χ1) is 8.61. The molecule has 0 spiro atoms. The first-order valence-corrected chi connectivity index (χ1v) is 6.73. The molecule has 0 atom stereocenters. The Morgan fingerprint density at radius 2 is 2.22 bits per heavy atom. The van der Waals surface area contributed by atoms with Gasteiger partial charge in [-0.15, -0.1) is 10.2 Å². The lowest BCUT2D eigenvalue weighted by Gasteiger charge is -2.03. The quantitative estimate of drug-likeness (QED) is 0.919. The van der Waals surface area contributed by atoms with Crippen molar-refractivity contribution in [1.82, 2.24) is 14.8 Å². The molecule has 6 heteroatoms. The summed E-state index contributed by atoms with van der Waals surface area (Å²) in [6, 6.07) is 3.94. The number of anilines is 1. The summed E-state index contributed by atoms with van der Waals surface area (Å²) in [6.07, 6.45) is 1.78. The van der Waals surface area contributed by atoms with Gasteiger partial charge in [-0.2, -0.15) is 0 Å². The molecule has 0 saturated heterocycles. The number of aryl methyl sites for hydroxylation is 1. The molecular formula is C12H16N4OS. The van der Waals surface area contributed by atoms with Crippen LogP contribution in [0.2, 0.25) is 0 Å². The summed E-state index contributed by atoms with van der Waals surface area (Å²) in [4.78, 5) is 12.1. The van der Waals surface area contributed by atoms with E-state index in [-0.39, 0.29) is 5.56 Å². The van der Waals surface area contributed by atoms with E-state index in [1.165, 1.54) is 11.3 Å². The predicted octanol–water partition coefficient (Wildman–Crippen LogP) is 2.21. The molecule has 0 aliphatic heterocycles. The minimum atomic E-state index is -0.0211. The molecule has 0 radical (unpaired) electrons. The van der Waals surface area contributed by atoms with Crippen LogP contribution in [0.5, 0.6) is 0 Å². The average Bonchev–Trinajstić information content (AvgIpc) is 2.76. The number of nitrogens with zero attached hydrogens (tertiary/aromatic N) is 3. The van der Waals surface area contributed by atoms with Gasteiger partial charge >= 0.3 is 0 Å². The highest BCUT2D eigenvalue weighted by Crippen LogP contribution is 2.24. The lowest BCUT2D eigenvalue weighted by atomic mass is 10.3. The van der Waals surface area contributed by atoms with Gasteiger partial charge < -0.3 is 9.88 Å². The molecule has 5 nitrogen and oxygen atoms in total. The topological polar surface area (TPSA) is 59.8 Å². The standard InChI is InChI=1S/C12H16N4OS/c1-4-16-7-5-6-9(11(16)17)10-14-15-12(18-10)13-8(2)3/h5-8H,4H2,1-3H3,(H,13,15). The summed E-state index contributed by atoms with van der Waals surface area (Å²) in [5, 5.41) is 12.7. The average molecular weight is 264 g/mol. The minimum Gasteiger partial charge on any atom is -0.358 e. The van der Waals surface area contributed by atoms with E-state index in [0.717, 1.165) is 5.13 Å². The van der Waals surface area contributed by atoms with Crippen molar-refractivity contribution in [1.29, 1.82) is 0 Å². The molecule has 1 N–H and O–H groups in total. The van der Waals surface area contributed by atoms with E-state index in [1.807, 2.05) is 26.8 Å². The number of hydrogen-bond donors (Lipinski definition) is 1. The van der Waals surface area contributed by atoms with E-state index in [0.29, 0.717) is 23.2 Å². The molecule has 2 aromatic rings. The van der Waals surface area contributed by atoms with Crippen LogP contribution in [0.4, 0.5) is 5.13 Å². The van der Waals surface area contributed by atoms with Crippen molar-refractivity contribution >= 4 is 16.5 Å². The molecule has 0 amide bonds. The lowest BCUT2D eigenvalue weighted by Crippen LogP contribution is -2.19. The summed E-state index contributed by atoms with van der Waals surface area (Å²) < 4.78 is 1.66. The van der Waals surface area contributed by atoms with Gasteiger partial charge in [0.05, 0.1) is 5.56 Å². The third-order valence-corrected chi connectivity index (χ3v) is 3.32. The van der Waals surface area contributed by atoms with Crippen molar-refractivity contribution in [2.24, 2.45) is 0 Å². The number of aromatic nitrogens is 3. The molecule has 2 heterocycles. The second kappa shape index (κ2) is 5.30. The van der Waals surface area contributed by atoms with Crippen LogP contribution in [0.3, 0.4) is 0 Å². The maximum atomic E-state index is 12.1. The van der Waals surface area contributed by atoms with Gasteiger partial charge in [-0.05, 0) is 32.9 Å². The Bertz CT molecular complexity index is 588. The Balaban J connectivity index is 2.37. The first kappa shape index (κ1) is 12.8. The summed E-state index contributed by atoms with van der Waals surface area (Å²) in [5.41, 5.74) is 0.584. The molecule has 0 aliphatic rings. The molecular weight excluding hydrogens is 248 g/mol. The van der Waals surface area contributed by atoms with E-state index < -0.39 is 0 Å². The fourth-order valence-corrected chi connectivity index (χ4v) is 2.49. The van der Waals surface area contributed by atoms with Gasteiger partial charge in [0, 0.05) is 18.8 Å². The molecule has 0 fully saturated rings. The first-order valence-electron chi connectivity index (χ1n) is 5.91. The van der Waals surface area contributed by atoms with Crippen LogP contribution in [-0.2, 0) is 6.54 Å². The van der Waals surface area contributed by atoms with Crippen molar-refractivity contribution < 1.29 is 0 Å². The van der Waals surface area contributed by atoms with Crippen LogP contribution in [0.1, 0.15) is 20.8 Å². The van der Waals surface area contributed by atoms with E-state index >= 15 is 0 Å². The number of nitrogens with one attached hydrogen (secondary N) is 1. The SMILES string of the molecule is CCn1cccc(-c2nnc(NC(C)C)s2)c1=O. The van der Waals surface area contributed by atoms with Crippen molar-refractivity contribution in [3.63, 3.8) is 0 Å². The van der Waals surface area contributed by atoms with Gasteiger partial charge in [0.1, 0.15) is 0 Å². The van der Waals surface area contributed by atoms with Crippen molar-refractivity contribution in [2.75, 3.05) is 5.32 Å². The zero-order valence-corrected chi connectivity index (χ0v) is 11.5. The molecule has 0 unspecified atom stereocenters. The van der Waals surface area contributed by atoms with Gasteiger partial charge in [-0.25, -0.2) is 0 Å². The smallest absolute Gasteiger partial charge is 0.260 e. The van der Waals surface area contributed by atoms with Crippen molar-refractivity contribution in [2.45, 2.75) is 33.4 Å². The molecule has 96 valence electrons. The largest absolute Gasteiger partial charge is 0.358 e. The zero-order chi connectivity index (χ0) is 13.1. The normalized spacial score (nSPS) is 10.9. The third kappa shape index (κ3) is 2.59. The second-order valence-corrected chi connectivity index (χ2v) is 5.20. The Labute approximate surface area is 110 Å². The molecule has 2 rings (SSSR count). The van der Waals surface area contributed by atoms with Crippen LogP contribution < -0.4 is 10.9 Å². The third-order valence-electron chi connectivity index (χ3n) is 2.43. The summed E-state index contributed by atoms with van der Waals surface area (Å²) in [5.74, 6) is 0. The Morgan fingerprint density at radius 3 is 2.89 bits per heavy atom. The van der Waals surface area contributed by atoms with Crippen LogP contribution >= 0.6 is 11.3 Å². The van der Waals surface area contributed by atoms with Gasteiger partial charge in [-0.3, -0.25) is 4.79 Å². The Kier molecular flexibility index (Phi) is 3.76. The number of rotatable bonds is 4. The molecule has 2 aromatic heterocycles. The van der Waals surface area contributed by atoms with Gasteiger partial charge in [0.25, 0.3) is 5.56 Å². The highest BCUT2D eigenvalue weighted by Gasteiger charge is 2.11. The number of pyridine rings is 1. The summed E-state index contributed by atoms with van der Waals surface area (Å²) >= 11 is 1.40. The van der Waals surface area contributed by atoms with Crippen LogP contribution in [-0.4, -0.2) is 20.8 Å². The van der Waals surface area contributed by atoms with Crippen LogP contribution in [0.15, 0.2) is 23.1 Å². The summed E-state index contributed by atoms with van der Waals surface area (Å²) in [6.45, 7) is 6.67. The molecule has 0 aromatic carbocycles. The summed E-state index contributed by atoms with van der Waals surface area (Å²) in [7, 11) is 0. The lowest BCUT2D eigenvalue weighted by molar-refractivity contribution is 0.728. The highest BCUT2D eigenvalue weighted by molar-refractivity contribution is 7.18. The molecule has 18 heavy (non-hydrogen) atoms. The van der Waals surface area contributed by atoms with E-state index in [9.17, 15) is 4.79 Å². The predicted molar refractivity (Wildman–Crippen MR) is 74.0 cm³/mol. The van der Waals surface area contributed by atoms with Crippen molar-refractivity contribution in [3.05, 3.63) is 28.7 Å². The van der Waals surface area contributed by atoms with Crippen LogP contribution in [0, 0.1) is 0 Å². The zero-order valence-electron chi connectivity index (χ0n) is 10.7. The fourth-order valence-electron chi connectivity index (χ4n) is 1.59. The maximum Gasteiger partial charge on any atom is 0.260 e. The van der Waals surface area contributed by atoms with Gasteiger partial charge in [0.15, 0.2) is 5.01 Å². The van der Waals surface area contributed by atoms with E-state index in [2.05, 4.69) is 15.5 Å². The number of hydrogen-bond acceptors (Lipinski definition) is 5. The Hall–Kier alpha value is -1.69. The maximum absolute atomic E-state index is 12.1. The van der Waals surface area contributed by atoms with E-state index in [1.54, 1.807) is 16.8 Å². The monoisotopic (exact) mass is 264 g/mol. The fraction of sp³-hybridized carbons (Fsp3) is 0.417. The van der Waals surface area contributed by atoms with Crippen LogP contribution in [0.25, 0.3) is 10.6 Å². The molecule has 0 bridgehead atoms. The van der Waals surface area contributed by atoms with E-state index in [4.69, 9.17) is 0 Å². The van der Waals surface area contributed by atoms with Gasteiger partial charge in [0.2, 0.25) is 5.13 Å². The van der Waals surface area contributed by atoms with Gasteiger partial charge in [-0.1, -0.05) is 11.3 Å².